The van der Waals surface area contributed by atoms with Gasteiger partial charge in [0.1, 0.15) is 16.1 Å². The van der Waals surface area contributed by atoms with Crippen LogP contribution in [0.2, 0.25) is 10.3 Å². The van der Waals surface area contributed by atoms with Crippen LogP contribution in [-0.2, 0) is 4.79 Å². The SMILES string of the molecule is [C-]#[N+]C[C@H]1C[C@@H]1C(=O)Nc1cc2cc(Cl)nc(Cl)c2cn1. The summed E-state index contributed by atoms with van der Waals surface area (Å²) in [6.45, 7) is 7.21. The lowest BCUT2D eigenvalue weighted by molar-refractivity contribution is -0.117. The van der Waals surface area contributed by atoms with Gasteiger partial charge in [-0.25, -0.2) is 16.5 Å². The van der Waals surface area contributed by atoms with E-state index in [0.717, 1.165) is 11.8 Å². The second-order valence-electron chi connectivity index (χ2n) is 4.96. The lowest BCUT2D eigenvalue weighted by atomic mass is 10.2. The molecule has 1 aliphatic rings. The minimum absolute atomic E-state index is 0.0822. The molecule has 5 nitrogen and oxygen atoms in total. The van der Waals surface area contributed by atoms with Crippen LogP contribution in [0.3, 0.4) is 0 Å². The van der Waals surface area contributed by atoms with Crippen LogP contribution in [0.25, 0.3) is 15.6 Å². The van der Waals surface area contributed by atoms with Gasteiger partial charge in [0, 0.05) is 23.4 Å². The lowest BCUT2D eigenvalue weighted by Crippen LogP contribution is -2.16. The van der Waals surface area contributed by atoms with Gasteiger partial charge in [0.2, 0.25) is 12.5 Å². The molecule has 21 heavy (non-hydrogen) atoms. The molecular weight excluding hydrogens is 311 g/mol. The van der Waals surface area contributed by atoms with Gasteiger partial charge in [-0.3, -0.25) is 4.79 Å². The van der Waals surface area contributed by atoms with Crippen molar-refractivity contribution in [3.8, 4) is 0 Å². The molecular formula is C14H10Cl2N4O. The molecule has 0 saturated heterocycles. The van der Waals surface area contributed by atoms with Crippen molar-refractivity contribution < 1.29 is 4.79 Å². The zero-order valence-electron chi connectivity index (χ0n) is 10.8. The average molecular weight is 321 g/mol. The van der Waals surface area contributed by atoms with Crippen molar-refractivity contribution >= 4 is 45.7 Å². The van der Waals surface area contributed by atoms with Crippen LogP contribution in [0.1, 0.15) is 6.42 Å². The molecule has 0 radical (unpaired) electrons. The highest BCUT2D eigenvalue weighted by atomic mass is 35.5. The number of nitrogens with zero attached hydrogens (tertiary/aromatic N) is 3. The standard InChI is InChI=1S/C14H10Cl2N4O/c1-17-5-8-2-9(8)14(21)20-12-4-7-3-11(15)19-13(16)10(7)6-18-12/h3-4,6,8-9H,2,5H2,(H,18,20,21)/t8-,9+/m1/s1. The summed E-state index contributed by atoms with van der Waals surface area (Å²) in [5.41, 5.74) is 0. The number of hydrogen-bond donors (Lipinski definition) is 1. The van der Waals surface area contributed by atoms with Crippen molar-refractivity contribution in [3.63, 3.8) is 0 Å². The molecule has 0 spiro atoms. The van der Waals surface area contributed by atoms with Gasteiger partial charge in [0.05, 0.1) is 0 Å². The molecule has 1 N–H and O–H groups in total. The Morgan fingerprint density at radius 3 is 3.05 bits per heavy atom. The summed E-state index contributed by atoms with van der Waals surface area (Å²) < 4.78 is 0. The molecule has 1 fully saturated rings. The quantitative estimate of drug-likeness (QED) is 0.696. The number of aromatic nitrogens is 2. The van der Waals surface area contributed by atoms with Crippen LogP contribution in [0, 0.1) is 18.4 Å². The summed E-state index contributed by atoms with van der Waals surface area (Å²) >= 11 is 11.8. The van der Waals surface area contributed by atoms with Crippen LogP contribution in [0.15, 0.2) is 18.3 Å². The first-order chi connectivity index (χ1) is 10.1. The van der Waals surface area contributed by atoms with Crippen molar-refractivity contribution in [2.24, 2.45) is 11.8 Å². The zero-order valence-corrected chi connectivity index (χ0v) is 12.3. The summed E-state index contributed by atoms with van der Waals surface area (Å²) in [5, 5.41) is 4.77. The Balaban J connectivity index is 1.79. The average Bonchev–Trinajstić information content (AvgIpc) is 3.18. The van der Waals surface area contributed by atoms with E-state index in [1.165, 1.54) is 0 Å². The van der Waals surface area contributed by atoms with Gasteiger partial charge < -0.3 is 10.2 Å². The van der Waals surface area contributed by atoms with E-state index >= 15 is 0 Å². The van der Waals surface area contributed by atoms with E-state index in [9.17, 15) is 4.79 Å². The molecule has 1 saturated carbocycles. The van der Waals surface area contributed by atoms with Gasteiger partial charge in [-0.2, -0.15) is 0 Å². The number of carbonyl (C=O) groups excluding carboxylic acids is 1. The van der Waals surface area contributed by atoms with Crippen molar-refractivity contribution in [3.05, 3.63) is 40.1 Å². The maximum absolute atomic E-state index is 12.0. The van der Waals surface area contributed by atoms with Gasteiger partial charge in [0.15, 0.2) is 0 Å². The third-order valence-corrected chi connectivity index (χ3v) is 3.96. The van der Waals surface area contributed by atoms with Crippen LogP contribution in [0.4, 0.5) is 5.82 Å². The monoisotopic (exact) mass is 320 g/mol. The van der Waals surface area contributed by atoms with Crippen LogP contribution >= 0.6 is 23.2 Å². The van der Waals surface area contributed by atoms with Crippen LogP contribution in [-0.4, -0.2) is 22.4 Å². The predicted molar refractivity (Wildman–Crippen MR) is 81.3 cm³/mol. The molecule has 2 atom stereocenters. The number of pyridine rings is 2. The highest BCUT2D eigenvalue weighted by Gasteiger charge is 2.45. The maximum atomic E-state index is 12.0. The fourth-order valence-electron chi connectivity index (χ4n) is 2.25. The molecule has 2 heterocycles. The molecule has 3 rings (SSSR count). The summed E-state index contributed by atoms with van der Waals surface area (Å²) in [4.78, 5) is 23.4. The van der Waals surface area contributed by atoms with E-state index in [4.69, 9.17) is 29.8 Å². The van der Waals surface area contributed by atoms with Crippen molar-refractivity contribution in [2.45, 2.75) is 6.42 Å². The molecule has 2 aromatic rings. The number of nitrogens with one attached hydrogen (secondary N) is 1. The highest BCUT2D eigenvalue weighted by molar-refractivity contribution is 6.36. The molecule has 1 amide bonds. The van der Waals surface area contributed by atoms with E-state index in [1.54, 1.807) is 18.3 Å². The number of rotatable bonds is 3. The Bertz CT molecular complexity index is 771. The Hall–Kier alpha value is -1.90. The van der Waals surface area contributed by atoms with E-state index in [1.807, 2.05) is 0 Å². The van der Waals surface area contributed by atoms with Crippen LogP contribution < -0.4 is 5.32 Å². The van der Waals surface area contributed by atoms with E-state index in [0.29, 0.717) is 17.7 Å². The van der Waals surface area contributed by atoms with Crippen molar-refractivity contribution in [1.29, 1.82) is 0 Å². The minimum atomic E-state index is -0.0956. The Kier molecular flexibility index (Phi) is 3.66. The number of anilines is 1. The first kappa shape index (κ1) is 14.1. The number of hydrogen-bond acceptors (Lipinski definition) is 3. The fourth-order valence-corrected chi connectivity index (χ4v) is 2.75. The van der Waals surface area contributed by atoms with E-state index in [-0.39, 0.29) is 28.0 Å². The largest absolute Gasteiger partial charge is 0.317 e. The third-order valence-electron chi connectivity index (χ3n) is 3.47. The lowest BCUT2D eigenvalue weighted by Gasteiger charge is -2.06. The highest BCUT2D eigenvalue weighted by Crippen LogP contribution is 2.39. The van der Waals surface area contributed by atoms with Gasteiger partial charge in [0.25, 0.3) is 0 Å². The normalized spacial score (nSPS) is 20.0. The fraction of sp³-hybridized carbons (Fsp3) is 0.286. The Labute approximate surface area is 131 Å². The Morgan fingerprint density at radius 2 is 2.29 bits per heavy atom. The first-order valence-corrected chi connectivity index (χ1v) is 7.10. The van der Waals surface area contributed by atoms with Crippen molar-refractivity contribution in [2.75, 3.05) is 11.9 Å². The molecule has 0 aromatic carbocycles. The first-order valence-electron chi connectivity index (χ1n) is 6.34. The van der Waals surface area contributed by atoms with Gasteiger partial charge in [-0.15, -0.1) is 0 Å². The number of fused-ring (bicyclic) bond motifs is 1. The summed E-state index contributed by atoms with van der Waals surface area (Å²) in [6, 6.07) is 3.37. The maximum Gasteiger partial charge on any atom is 0.229 e. The molecule has 0 unspecified atom stereocenters. The number of carbonyl (C=O) groups is 1. The summed E-state index contributed by atoms with van der Waals surface area (Å²) in [6.07, 6.45) is 2.32. The number of amides is 1. The molecule has 106 valence electrons. The van der Waals surface area contributed by atoms with Crippen molar-refractivity contribution in [1.82, 2.24) is 9.97 Å². The molecule has 0 bridgehead atoms. The molecule has 0 aliphatic heterocycles. The van der Waals surface area contributed by atoms with Gasteiger partial charge >= 0.3 is 0 Å². The smallest absolute Gasteiger partial charge is 0.229 e. The van der Waals surface area contributed by atoms with E-state index in [2.05, 4.69) is 20.1 Å². The van der Waals surface area contributed by atoms with Gasteiger partial charge in [-0.1, -0.05) is 23.2 Å². The molecule has 1 aliphatic carbocycles. The topological polar surface area (TPSA) is 59.2 Å². The van der Waals surface area contributed by atoms with E-state index < -0.39 is 0 Å². The number of halogens is 2. The van der Waals surface area contributed by atoms with Gasteiger partial charge in [-0.05, 0) is 23.9 Å². The molecule has 2 aromatic heterocycles. The summed E-state index contributed by atoms with van der Waals surface area (Å²) in [5.74, 6) is 0.443. The predicted octanol–water partition coefficient (Wildman–Crippen LogP) is 3.43. The third kappa shape index (κ3) is 2.92. The second-order valence-corrected chi connectivity index (χ2v) is 5.70. The Morgan fingerprint density at radius 1 is 1.48 bits per heavy atom. The van der Waals surface area contributed by atoms with Crippen LogP contribution in [0.5, 0.6) is 0 Å². The second kappa shape index (κ2) is 5.47. The zero-order chi connectivity index (χ0) is 15.0. The summed E-state index contributed by atoms with van der Waals surface area (Å²) in [7, 11) is 0. The minimum Gasteiger partial charge on any atom is -0.317 e. The molecule has 7 heteroatoms.